The molecule has 0 aliphatic rings. The molecular formula is C5H6ClNO2S. The number of nitrogens with zero attached hydrogens (tertiary/aromatic N) is 1. The van der Waals surface area contributed by atoms with Crippen LogP contribution in [0.3, 0.4) is 0 Å². The zero-order chi connectivity index (χ0) is 7.56. The fourth-order valence-electron chi connectivity index (χ4n) is 0.495. The summed E-state index contributed by atoms with van der Waals surface area (Å²) in [6, 6.07) is 0. The number of halogens is 1. The lowest BCUT2D eigenvalue weighted by molar-refractivity contribution is -0.0744. The van der Waals surface area contributed by atoms with Crippen LogP contribution in [0.1, 0.15) is 11.2 Å². The number of thiazole rings is 1. The third-order valence-electron chi connectivity index (χ3n) is 0.962. The average molecular weight is 180 g/mol. The van der Waals surface area contributed by atoms with E-state index in [2.05, 4.69) is 9.72 Å². The van der Waals surface area contributed by atoms with Crippen molar-refractivity contribution in [1.29, 1.82) is 0 Å². The Morgan fingerprint density at radius 1 is 1.90 bits per heavy atom. The van der Waals surface area contributed by atoms with Gasteiger partial charge in [-0.3, -0.25) is 0 Å². The summed E-state index contributed by atoms with van der Waals surface area (Å²) in [7, 11) is 1.41. The molecule has 0 radical (unpaired) electrons. The zero-order valence-corrected chi connectivity index (χ0v) is 6.82. The summed E-state index contributed by atoms with van der Waals surface area (Å²) >= 11 is 6.70. The summed E-state index contributed by atoms with van der Waals surface area (Å²) in [5.41, 5.74) is 0. The Bertz CT molecular complexity index is 215. The van der Waals surface area contributed by atoms with Crippen LogP contribution in [0.25, 0.3) is 0 Å². The summed E-state index contributed by atoms with van der Waals surface area (Å²) in [6.45, 7) is 0. The molecule has 5 heteroatoms. The van der Waals surface area contributed by atoms with E-state index < -0.39 is 6.29 Å². The molecule has 0 bridgehead atoms. The van der Waals surface area contributed by atoms with Gasteiger partial charge < -0.3 is 9.84 Å². The molecule has 1 N–H and O–H groups in total. The zero-order valence-electron chi connectivity index (χ0n) is 5.24. The molecule has 0 aromatic carbocycles. The molecule has 10 heavy (non-hydrogen) atoms. The van der Waals surface area contributed by atoms with E-state index in [4.69, 9.17) is 16.7 Å². The van der Waals surface area contributed by atoms with Gasteiger partial charge in [-0.1, -0.05) is 11.6 Å². The number of methoxy groups -OCH3 is 1. The largest absolute Gasteiger partial charge is 0.364 e. The van der Waals surface area contributed by atoms with E-state index in [1.807, 2.05) is 0 Å². The number of rotatable bonds is 2. The number of hydrogen-bond acceptors (Lipinski definition) is 4. The van der Waals surface area contributed by atoms with Crippen LogP contribution >= 0.6 is 22.9 Å². The molecule has 1 unspecified atom stereocenters. The number of aliphatic hydroxyl groups is 1. The maximum atomic E-state index is 9.03. The first-order valence-electron chi connectivity index (χ1n) is 2.56. The highest BCUT2D eigenvalue weighted by Crippen LogP contribution is 2.23. The molecule has 0 aliphatic heterocycles. The Morgan fingerprint density at radius 2 is 2.60 bits per heavy atom. The molecule has 1 aromatic heterocycles. The van der Waals surface area contributed by atoms with Crippen molar-refractivity contribution in [3.8, 4) is 0 Å². The lowest BCUT2D eigenvalue weighted by atomic mass is 10.5. The molecule has 3 nitrogen and oxygen atoms in total. The summed E-state index contributed by atoms with van der Waals surface area (Å²) in [6.07, 6.45) is 0.589. The lowest BCUT2D eigenvalue weighted by Gasteiger charge is -2.02. The van der Waals surface area contributed by atoms with E-state index in [9.17, 15) is 0 Å². The Hall–Kier alpha value is -0.160. The molecule has 1 heterocycles. The molecule has 0 aliphatic carbocycles. The number of ether oxygens (including phenoxy) is 1. The summed E-state index contributed by atoms with van der Waals surface area (Å²) in [5, 5.41) is 9.03. The van der Waals surface area contributed by atoms with Gasteiger partial charge in [0.2, 0.25) is 0 Å². The van der Waals surface area contributed by atoms with Crippen LogP contribution in [0.4, 0.5) is 0 Å². The second-order valence-electron chi connectivity index (χ2n) is 1.60. The first kappa shape index (κ1) is 7.94. The van der Waals surface area contributed by atoms with Crippen molar-refractivity contribution in [2.45, 2.75) is 6.29 Å². The Kier molecular flexibility index (Phi) is 2.62. The van der Waals surface area contributed by atoms with Gasteiger partial charge in [-0.25, -0.2) is 4.98 Å². The number of aromatic nitrogens is 1. The molecule has 0 fully saturated rings. The first-order valence-corrected chi connectivity index (χ1v) is 3.75. The van der Waals surface area contributed by atoms with Gasteiger partial charge in [-0.2, -0.15) is 0 Å². The molecule has 0 saturated carbocycles. The molecule has 0 amide bonds. The molecule has 1 rings (SSSR count). The highest BCUT2D eigenvalue weighted by atomic mass is 35.5. The molecular weight excluding hydrogens is 174 g/mol. The Labute approximate surface area is 67.2 Å². The highest BCUT2D eigenvalue weighted by Gasteiger charge is 2.08. The normalized spacial score (nSPS) is 13.5. The van der Waals surface area contributed by atoms with Crippen molar-refractivity contribution in [1.82, 2.24) is 4.98 Å². The monoisotopic (exact) mass is 179 g/mol. The minimum absolute atomic E-state index is 0.408. The molecule has 0 spiro atoms. The van der Waals surface area contributed by atoms with Gasteiger partial charge in [0, 0.05) is 13.3 Å². The molecule has 1 atom stereocenters. The average Bonchev–Trinajstić information content (AvgIpc) is 2.34. The fourth-order valence-corrected chi connectivity index (χ4v) is 1.41. The highest BCUT2D eigenvalue weighted by molar-refractivity contribution is 7.15. The van der Waals surface area contributed by atoms with Crippen molar-refractivity contribution in [3.63, 3.8) is 0 Å². The summed E-state index contributed by atoms with van der Waals surface area (Å²) in [4.78, 5) is 4.35. The van der Waals surface area contributed by atoms with E-state index in [-0.39, 0.29) is 0 Å². The van der Waals surface area contributed by atoms with Gasteiger partial charge in [-0.05, 0) is 0 Å². The molecule has 56 valence electrons. The van der Waals surface area contributed by atoms with Crippen molar-refractivity contribution in [3.05, 3.63) is 15.5 Å². The predicted octanol–water partition coefficient (Wildman–Crippen LogP) is 1.43. The van der Waals surface area contributed by atoms with Crippen LogP contribution in [-0.4, -0.2) is 17.2 Å². The standard InChI is InChI=1S/C5H6ClNO2S/c1-9-4(8)3-2-7-5(6)10-3/h2,4,8H,1H3. The minimum atomic E-state index is -0.898. The van der Waals surface area contributed by atoms with Crippen LogP contribution in [0, 0.1) is 0 Å². The second-order valence-corrected chi connectivity index (χ2v) is 3.25. The van der Waals surface area contributed by atoms with E-state index >= 15 is 0 Å². The van der Waals surface area contributed by atoms with Gasteiger partial charge in [-0.15, -0.1) is 11.3 Å². The van der Waals surface area contributed by atoms with Crippen LogP contribution < -0.4 is 0 Å². The SMILES string of the molecule is COC(O)c1cnc(Cl)s1. The Morgan fingerprint density at radius 3 is 3.00 bits per heavy atom. The Balaban J connectivity index is 2.74. The maximum absolute atomic E-state index is 9.03. The van der Waals surface area contributed by atoms with E-state index in [1.54, 1.807) is 0 Å². The smallest absolute Gasteiger partial charge is 0.191 e. The van der Waals surface area contributed by atoms with Gasteiger partial charge in [0.15, 0.2) is 10.8 Å². The van der Waals surface area contributed by atoms with Crippen molar-refractivity contribution in [2.75, 3.05) is 7.11 Å². The lowest BCUT2D eigenvalue weighted by Crippen LogP contribution is -1.95. The quantitative estimate of drug-likeness (QED) is 0.699. The third kappa shape index (κ3) is 1.67. The summed E-state index contributed by atoms with van der Waals surface area (Å²) < 4.78 is 5.03. The van der Waals surface area contributed by atoms with Crippen LogP contribution in [-0.2, 0) is 4.74 Å². The van der Waals surface area contributed by atoms with Crippen molar-refractivity contribution >= 4 is 22.9 Å². The van der Waals surface area contributed by atoms with Gasteiger partial charge in [0.05, 0.1) is 4.88 Å². The topological polar surface area (TPSA) is 42.4 Å². The van der Waals surface area contributed by atoms with Crippen LogP contribution in [0.2, 0.25) is 4.47 Å². The first-order chi connectivity index (χ1) is 4.74. The molecule has 1 aromatic rings. The van der Waals surface area contributed by atoms with Gasteiger partial charge in [0.1, 0.15) is 0 Å². The fraction of sp³-hybridized carbons (Fsp3) is 0.400. The predicted molar refractivity (Wildman–Crippen MR) is 39.1 cm³/mol. The summed E-state index contributed by atoms with van der Waals surface area (Å²) in [5.74, 6) is 0. The van der Waals surface area contributed by atoms with Crippen molar-refractivity contribution in [2.24, 2.45) is 0 Å². The number of aliphatic hydroxyl groups excluding tert-OH is 1. The molecule has 0 saturated heterocycles. The van der Waals surface area contributed by atoms with Gasteiger partial charge in [0.25, 0.3) is 0 Å². The van der Waals surface area contributed by atoms with Crippen LogP contribution in [0.15, 0.2) is 6.20 Å². The number of hydrogen-bond donors (Lipinski definition) is 1. The van der Waals surface area contributed by atoms with Gasteiger partial charge >= 0.3 is 0 Å². The minimum Gasteiger partial charge on any atom is -0.364 e. The maximum Gasteiger partial charge on any atom is 0.191 e. The van der Waals surface area contributed by atoms with Crippen molar-refractivity contribution < 1.29 is 9.84 Å². The van der Waals surface area contributed by atoms with E-state index in [0.29, 0.717) is 9.34 Å². The van der Waals surface area contributed by atoms with E-state index in [1.165, 1.54) is 24.6 Å². The third-order valence-corrected chi connectivity index (χ3v) is 2.11. The second kappa shape index (κ2) is 3.30. The van der Waals surface area contributed by atoms with Crippen LogP contribution in [0.5, 0.6) is 0 Å². The van der Waals surface area contributed by atoms with E-state index in [0.717, 1.165) is 0 Å².